The summed E-state index contributed by atoms with van der Waals surface area (Å²) in [5, 5.41) is 6.96. The average Bonchev–Trinajstić information content (AvgIpc) is 2.98. The molecule has 21 heavy (non-hydrogen) atoms. The molecule has 2 aromatic rings. The molecule has 0 unspecified atom stereocenters. The second-order valence-electron chi connectivity index (χ2n) is 4.67. The van der Waals surface area contributed by atoms with E-state index < -0.39 is 10.0 Å². The molecule has 0 aromatic carbocycles. The number of hydrogen-bond donors (Lipinski definition) is 1. The minimum Gasteiger partial charge on any atom is -0.369 e. The van der Waals surface area contributed by atoms with Crippen LogP contribution in [0.3, 0.4) is 0 Å². The molecule has 0 atom stereocenters. The van der Waals surface area contributed by atoms with E-state index in [9.17, 15) is 8.42 Å². The standard InChI is InChI=1S/C14H19N3O2S2/c1-3-7-15-14-13(5-4-8-16-14)21(18,19)17(2)10-12-6-9-20-11-12/h4-6,8-9,11H,3,7,10H2,1-2H3,(H,15,16). The Kier molecular flexibility index (Phi) is 5.33. The van der Waals surface area contributed by atoms with Gasteiger partial charge in [-0.15, -0.1) is 0 Å². The smallest absolute Gasteiger partial charge is 0.246 e. The zero-order valence-electron chi connectivity index (χ0n) is 12.1. The third-order valence-electron chi connectivity index (χ3n) is 2.99. The molecule has 0 aliphatic rings. The first-order chi connectivity index (χ1) is 10.1. The molecule has 0 amide bonds. The van der Waals surface area contributed by atoms with Gasteiger partial charge >= 0.3 is 0 Å². The Morgan fingerprint density at radius 1 is 1.38 bits per heavy atom. The first kappa shape index (κ1) is 15.9. The fourth-order valence-corrected chi connectivity index (χ4v) is 3.80. The van der Waals surface area contributed by atoms with Crippen molar-refractivity contribution in [3.8, 4) is 0 Å². The zero-order chi connectivity index (χ0) is 15.3. The van der Waals surface area contributed by atoms with Crippen LogP contribution in [-0.2, 0) is 16.6 Å². The van der Waals surface area contributed by atoms with Crippen LogP contribution in [-0.4, -0.2) is 31.3 Å². The first-order valence-corrected chi connectivity index (χ1v) is 9.10. The number of nitrogens with one attached hydrogen (secondary N) is 1. The van der Waals surface area contributed by atoms with Crippen molar-refractivity contribution in [3.05, 3.63) is 40.7 Å². The van der Waals surface area contributed by atoms with Crippen molar-refractivity contribution >= 4 is 27.2 Å². The average molecular weight is 325 g/mol. The van der Waals surface area contributed by atoms with Gasteiger partial charge in [-0.25, -0.2) is 13.4 Å². The van der Waals surface area contributed by atoms with E-state index in [2.05, 4.69) is 10.3 Å². The van der Waals surface area contributed by atoms with E-state index in [1.54, 1.807) is 36.7 Å². The number of sulfonamides is 1. The van der Waals surface area contributed by atoms with Gasteiger partial charge in [-0.3, -0.25) is 0 Å². The molecule has 5 nitrogen and oxygen atoms in total. The summed E-state index contributed by atoms with van der Waals surface area (Å²) in [5.74, 6) is 0.413. The number of nitrogens with zero attached hydrogens (tertiary/aromatic N) is 2. The zero-order valence-corrected chi connectivity index (χ0v) is 13.7. The third kappa shape index (κ3) is 3.81. The number of rotatable bonds is 7. The van der Waals surface area contributed by atoms with Gasteiger partial charge in [0.25, 0.3) is 0 Å². The molecule has 2 heterocycles. The van der Waals surface area contributed by atoms with E-state index in [0.29, 0.717) is 18.9 Å². The van der Waals surface area contributed by atoms with Gasteiger partial charge in [-0.2, -0.15) is 15.6 Å². The van der Waals surface area contributed by atoms with Crippen molar-refractivity contribution in [2.45, 2.75) is 24.8 Å². The molecular formula is C14H19N3O2S2. The summed E-state index contributed by atoms with van der Waals surface area (Å²) < 4.78 is 26.7. The van der Waals surface area contributed by atoms with Crippen molar-refractivity contribution in [1.82, 2.24) is 9.29 Å². The van der Waals surface area contributed by atoms with Gasteiger partial charge in [0, 0.05) is 26.3 Å². The van der Waals surface area contributed by atoms with Crippen LogP contribution >= 0.6 is 11.3 Å². The molecule has 1 N–H and O–H groups in total. The van der Waals surface area contributed by atoms with Gasteiger partial charge in [-0.05, 0) is 40.9 Å². The van der Waals surface area contributed by atoms with Crippen LogP contribution in [0.2, 0.25) is 0 Å². The number of aromatic nitrogens is 1. The van der Waals surface area contributed by atoms with Crippen molar-refractivity contribution in [2.75, 3.05) is 18.9 Å². The highest BCUT2D eigenvalue weighted by Crippen LogP contribution is 2.23. The molecule has 0 bridgehead atoms. The Morgan fingerprint density at radius 2 is 2.19 bits per heavy atom. The molecule has 0 aliphatic heterocycles. The van der Waals surface area contributed by atoms with Crippen LogP contribution in [0.4, 0.5) is 5.82 Å². The van der Waals surface area contributed by atoms with Crippen molar-refractivity contribution in [3.63, 3.8) is 0 Å². The molecule has 2 rings (SSSR count). The summed E-state index contributed by atoms with van der Waals surface area (Å²) in [6.07, 6.45) is 2.50. The largest absolute Gasteiger partial charge is 0.369 e. The maximum atomic E-state index is 12.7. The van der Waals surface area contributed by atoms with E-state index in [1.807, 2.05) is 23.8 Å². The number of thiophene rings is 1. The molecule has 0 fully saturated rings. The predicted octanol–water partition coefficient (Wildman–Crippen LogP) is 2.79. The number of anilines is 1. The third-order valence-corrected chi connectivity index (χ3v) is 5.55. The maximum Gasteiger partial charge on any atom is 0.246 e. The van der Waals surface area contributed by atoms with Crippen molar-refractivity contribution < 1.29 is 8.42 Å². The summed E-state index contributed by atoms with van der Waals surface area (Å²) in [7, 11) is -1.98. The van der Waals surface area contributed by atoms with E-state index in [1.165, 1.54) is 4.31 Å². The lowest BCUT2D eigenvalue weighted by molar-refractivity contribution is 0.467. The lowest BCUT2D eigenvalue weighted by Crippen LogP contribution is -2.27. The summed E-state index contributed by atoms with van der Waals surface area (Å²) in [6.45, 7) is 3.06. The van der Waals surface area contributed by atoms with Gasteiger partial charge in [-0.1, -0.05) is 6.92 Å². The fourth-order valence-electron chi connectivity index (χ4n) is 1.87. The van der Waals surface area contributed by atoms with Crippen molar-refractivity contribution in [1.29, 1.82) is 0 Å². The van der Waals surface area contributed by atoms with Gasteiger partial charge in [0.15, 0.2) is 0 Å². The number of pyridine rings is 1. The Balaban J connectivity index is 2.26. The topological polar surface area (TPSA) is 62.3 Å². The second kappa shape index (κ2) is 7.02. The van der Waals surface area contributed by atoms with Crippen LogP contribution in [0.5, 0.6) is 0 Å². The molecule has 0 radical (unpaired) electrons. The lowest BCUT2D eigenvalue weighted by atomic mass is 10.3. The lowest BCUT2D eigenvalue weighted by Gasteiger charge is -2.18. The van der Waals surface area contributed by atoms with Crippen LogP contribution in [0, 0.1) is 0 Å². The van der Waals surface area contributed by atoms with E-state index in [4.69, 9.17) is 0 Å². The Bertz CT molecular complexity index is 669. The predicted molar refractivity (Wildman–Crippen MR) is 86.0 cm³/mol. The van der Waals surface area contributed by atoms with Gasteiger partial charge in [0.2, 0.25) is 10.0 Å². The molecule has 2 aromatic heterocycles. The van der Waals surface area contributed by atoms with Crippen molar-refractivity contribution in [2.24, 2.45) is 0 Å². The molecule has 0 saturated carbocycles. The minimum atomic E-state index is -3.56. The van der Waals surface area contributed by atoms with Crippen LogP contribution in [0.25, 0.3) is 0 Å². The Morgan fingerprint density at radius 3 is 2.86 bits per heavy atom. The maximum absolute atomic E-state index is 12.7. The normalized spacial score (nSPS) is 11.8. The van der Waals surface area contributed by atoms with Crippen LogP contribution < -0.4 is 5.32 Å². The Hall–Kier alpha value is -1.44. The second-order valence-corrected chi connectivity index (χ2v) is 7.46. The molecule has 0 aliphatic carbocycles. The highest BCUT2D eigenvalue weighted by atomic mass is 32.2. The Labute approximate surface area is 129 Å². The minimum absolute atomic E-state index is 0.219. The van der Waals surface area contributed by atoms with Gasteiger partial charge in [0.05, 0.1) is 0 Å². The summed E-state index contributed by atoms with van der Waals surface area (Å²) in [5.41, 5.74) is 0.984. The van der Waals surface area contributed by atoms with Crippen LogP contribution in [0.1, 0.15) is 18.9 Å². The van der Waals surface area contributed by atoms with E-state index in [-0.39, 0.29) is 4.90 Å². The van der Waals surface area contributed by atoms with E-state index in [0.717, 1.165) is 12.0 Å². The molecule has 0 saturated heterocycles. The van der Waals surface area contributed by atoms with Crippen LogP contribution in [0.15, 0.2) is 40.1 Å². The van der Waals surface area contributed by atoms with Gasteiger partial charge < -0.3 is 5.32 Å². The summed E-state index contributed by atoms with van der Waals surface area (Å²) >= 11 is 1.56. The summed E-state index contributed by atoms with van der Waals surface area (Å²) in [4.78, 5) is 4.37. The SMILES string of the molecule is CCCNc1ncccc1S(=O)(=O)N(C)Cc1ccsc1. The quantitative estimate of drug-likeness (QED) is 0.850. The molecular weight excluding hydrogens is 306 g/mol. The monoisotopic (exact) mass is 325 g/mol. The highest BCUT2D eigenvalue weighted by molar-refractivity contribution is 7.89. The molecule has 0 spiro atoms. The first-order valence-electron chi connectivity index (χ1n) is 6.72. The summed E-state index contributed by atoms with van der Waals surface area (Å²) in [6, 6.07) is 5.16. The highest BCUT2D eigenvalue weighted by Gasteiger charge is 2.24. The molecule has 114 valence electrons. The van der Waals surface area contributed by atoms with Gasteiger partial charge in [0.1, 0.15) is 10.7 Å². The van der Waals surface area contributed by atoms with E-state index >= 15 is 0 Å². The molecule has 7 heteroatoms. The number of hydrogen-bond acceptors (Lipinski definition) is 5. The fraction of sp³-hybridized carbons (Fsp3) is 0.357.